The summed E-state index contributed by atoms with van der Waals surface area (Å²) in [5, 5.41) is 0.937. The summed E-state index contributed by atoms with van der Waals surface area (Å²) in [7, 11) is 0. The van der Waals surface area contributed by atoms with Crippen LogP contribution in [-0.4, -0.2) is 17.0 Å². The van der Waals surface area contributed by atoms with Crippen molar-refractivity contribution in [1.82, 2.24) is 4.98 Å². The van der Waals surface area contributed by atoms with Gasteiger partial charge in [-0.3, -0.25) is 4.79 Å². The number of aromatic amines is 1. The second-order valence-electron chi connectivity index (χ2n) is 4.42. The van der Waals surface area contributed by atoms with Crippen molar-refractivity contribution in [2.45, 2.75) is 4.90 Å². The summed E-state index contributed by atoms with van der Waals surface area (Å²) < 4.78 is 0.931. The van der Waals surface area contributed by atoms with E-state index in [2.05, 4.69) is 20.9 Å². The van der Waals surface area contributed by atoms with E-state index < -0.39 is 0 Å². The zero-order chi connectivity index (χ0) is 14.1. The van der Waals surface area contributed by atoms with E-state index in [-0.39, 0.29) is 5.78 Å². The first-order valence-corrected chi connectivity index (χ1v) is 8.17. The van der Waals surface area contributed by atoms with E-state index in [1.165, 1.54) is 0 Å². The van der Waals surface area contributed by atoms with Crippen LogP contribution in [0.15, 0.2) is 58.0 Å². The van der Waals surface area contributed by atoms with E-state index in [0.29, 0.717) is 11.1 Å². The smallest absolute Gasteiger partial charge is 0.195 e. The molecule has 0 fully saturated rings. The first-order valence-electron chi connectivity index (χ1n) is 6.15. The minimum atomic E-state index is 0.0378. The highest BCUT2D eigenvalue weighted by Crippen LogP contribution is 2.28. The highest BCUT2D eigenvalue weighted by atomic mass is 79.9. The minimum Gasteiger partial charge on any atom is -0.360 e. The number of thioether (sulfide) groups is 1. The van der Waals surface area contributed by atoms with Crippen molar-refractivity contribution in [1.29, 1.82) is 0 Å². The third-order valence-corrected chi connectivity index (χ3v) is 4.66. The van der Waals surface area contributed by atoms with Gasteiger partial charge in [0, 0.05) is 37.6 Å². The Morgan fingerprint density at radius 2 is 1.90 bits per heavy atom. The standard InChI is InChI=1S/C16H12BrNOS/c1-20-11-7-5-10(6-8-11)16(19)12-9-18-14-4-2-3-13(17)15(12)14/h2-9,18H,1H3. The molecule has 1 N–H and O–H groups in total. The largest absolute Gasteiger partial charge is 0.360 e. The topological polar surface area (TPSA) is 32.9 Å². The van der Waals surface area contributed by atoms with Crippen molar-refractivity contribution in [2.75, 3.05) is 6.26 Å². The number of benzene rings is 2. The first-order chi connectivity index (χ1) is 9.70. The van der Waals surface area contributed by atoms with Gasteiger partial charge in [-0.05, 0) is 42.7 Å². The van der Waals surface area contributed by atoms with Crippen LogP contribution in [0, 0.1) is 0 Å². The summed E-state index contributed by atoms with van der Waals surface area (Å²) in [4.78, 5) is 16.9. The molecule has 0 saturated carbocycles. The van der Waals surface area contributed by atoms with Crippen LogP contribution in [0.2, 0.25) is 0 Å². The van der Waals surface area contributed by atoms with Crippen LogP contribution < -0.4 is 0 Å². The van der Waals surface area contributed by atoms with Crippen LogP contribution >= 0.6 is 27.7 Å². The molecule has 0 aliphatic rings. The molecule has 0 atom stereocenters. The minimum absolute atomic E-state index is 0.0378. The number of nitrogens with one attached hydrogen (secondary N) is 1. The lowest BCUT2D eigenvalue weighted by atomic mass is 10.0. The zero-order valence-corrected chi connectivity index (χ0v) is 13.2. The third-order valence-electron chi connectivity index (χ3n) is 3.25. The van der Waals surface area contributed by atoms with E-state index in [4.69, 9.17) is 0 Å². The number of hydrogen-bond acceptors (Lipinski definition) is 2. The molecule has 0 spiro atoms. The third kappa shape index (κ3) is 2.30. The molecular weight excluding hydrogens is 334 g/mol. The van der Waals surface area contributed by atoms with Gasteiger partial charge in [-0.1, -0.05) is 22.0 Å². The summed E-state index contributed by atoms with van der Waals surface area (Å²) >= 11 is 5.18. The number of carbonyl (C=O) groups excluding carboxylic acids is 1. The molecule has 0 bridgehead atoms. The van der Waals surface area contributed by atoms with Crippen LogP contribution in [0.3, 0.4) is 0 Å². The second-order valence-corrected chi connectivity index (χ2v) is 6.16. The molecule has 2 aromatic carbocycles. The fraction of sp³-hybridized carbons (Fsp3) is 0.0625. The predicted octanol–water partition coefficient (Wildman–Crippen LogP) is 4.88. The molecule has 0 amide bonds. The van der Waals surface area contributed by atoms with E-state index in [1.54, 1.807) is 18.0 Å². The van der Waals surface area contributed by atoms with Crippen molar-refractivity contribution in [3.05, 3.63) is 64.3 Å². The van der Waals surface area contributed by atoms with Crippen molar-refractivity contribution >= 4 is 44.4 Å². The molecule has 0 unspecified atom stereocenters. The molecule has 0 radical (unpaired) electrons. The maximum Gasteiger partial charge on any atom is 0.195 e. The molecular formula is C16H12BrNOS. The fourth-order valence-corrected chi connectivity index (χ4v) is 3.21. The van der Waals surface area contributed by atoms with Crippen LogP contribution in [0.25, 0.3) is 10.9 Å². The normalized spacial score (nSPS) is 10.9. The van der Waals surface area contributed by atoms with Crippen LogP contribution in [0.4, 0.5) is 0 Å². The van der Waals surface area contributed by atoms with Gasteiger partial charge in [0.2, 0.25) is 0 Å². The lowest BCUT2D eigenvalue weighted by molar-refractivity contribution is 0.104. The average molecular weight is 346 g/mol. The Kier molecular flexibility index (Phi) is 3.68. The van der Waals surface area contributed by atoms with Gasteiger partial charge in [0.1, 0.15) is 0 Å². The molecule has 3 rings (SSSR count). The molecule has 0 aliphatic heterocycles. The molecule has 1 heterocycles. The lowest BCUT2D eigenvalue weighted by Crippen LogP contribution is -2.00. The second kappa shape index (κ2) is 5.46. The Hall–Kier alpha value is -1.52. The number of aromatic nitrogens is 1. The number of fused-ring (bicyclic) bond motifs is 1. The van der Waals surface area contributed by atoms with Crippen molar-refractivity contribution in [2.24, 2.45) is 0 Å². The highest BCUT2D eigenvalue weighted by molar-refractivity contribution is 9.10. The van der Waals surface area contributed by atoms with E-state index in [9.17, 15) is 4.79 Å². The average Bonchev–Trinajstić information content (AvgIpc) is 2.92. The van der Waals surface area contributed by atoms with E-state index in [0.717, 1.165) is 20.3 Å². The Labute approximate surface area is 129 Å². The van der Waals surface area contributed by atoms with Crippen molar-refractivity contribution < 1.29 is 4.79 Å². The summed E-state index contributed by atoms with van der Waals surface area (Å²) in [6.07, 6.45) is 3.80. The van der Waals surface area contributed by atoms with Crippen LogP contribution in [0.1, 0.15) is 15.9 Å². The van der Waals surface area contributed by atoms with Crippen LogP contribution in [-0.2, 0) is 0 Å². The predicted molar refractivity (Wildman–Crippen MR) is 87.7 cm³/mol. The lowest BCUT2D eigenvalue weighted by Gasteiger charge is -2.02. The summed E-state index contributed by atoms with van der Waals surface area (Å²) in [6, 6.07) is 13.6. The number of hydrogen-bond donors (Lipinski definition) is 1. The highest BCUT2D eigenvalue weighted by Gasteiger charge is 2.15. The van der Waals surface area contributed by atoms with E-state index in [1.807, 2.05) is 48.7 Å². The Balaban J connectivity index is 2.08. The van der Waals surface area contributed by atoms with Gasteiger partial charge < -0.3 is 4.98 Å². The zero-order valence-electron chi connectivity index (χ0n) is 10.8. The number of carbonyl (C=O) groups is 1. The molecule has 100 valence electrons. The van der Waals surface area contributed by atoms with Gasteiger partial charge in [-0.15, -0.1) is 11.8 Å². The monoisotopic (exact) mass is 345 g/mol. The van der Waals surface area contributed by atoms with Gasteiger partial charge in [-0.2, -0.15) is 0 Å². The fourth-order valence-electron chi connectivity index (χ4n) is 2.22. The molecule has 0 saturated heterocycles. The number of halogens is 1. The molecule has 20 heavy (non-hydrogen) atoms. The van der Waals surface area contributed by atoms with Crippen LogP contribution in [0.5, 0.6) is 0 Å². The van der Waals surface area contributed by atoms with Crippen molar-refractivity contribution in [3.63, 3.8) is 0 Å². The van der Waals surface area contributed by atoms with Gasteiger partial charge in [0.15, 0.2) is 5.78 Å². The maximum atomic E-state index is 12.6. The number of H-pyrrole nitrogens is 1. The summed E-state index contributed by atoms with van der Waals surface area (Å²) in [5.41, 5.74) is 2.37. The van der Waals surface area contributed by atoms with E-state index >= 15 is 0 Å². The Morgan fingerprint density at radius 1 is 1.15 bits per heavy atom. The molecule has 1 aromatic heterocycles. The van der Waals surface area contributed by atoms with Gasteiger partial charge in [0.05, 0.1) is 0 Å². The molecule has 2 nitrogen and oxygen atoms in total. The summed E-state index contributed by atoms with van der Waals surface area (Å²) in [5.74, 6) is 0.0378. The number of ketones is 1. The molecule has 3 aromatic rings. The quantitative estimate of drug-likeness (QED) is 0.541. The van der Waals surface area contributed by atoms with Gasteiger partial charge >= 0.3 is 0 Å². The van der Waals surface area contributed by atoms with Gasteiger partial charge in [0.25, 0.3) is 0 Å². The summed E-state index contributed by atoms with van der Waals surface area (Å²) in [6.45, 7) is 0. The number of rotatable bonds is 3. The Bertz CT molecular complexity index is 777. The molecule has 4 heteroatoms. The maximum absolute atomic E-state index is 12.6. The van der Waals surface area contributed by atoms with Gasteiger partial charge in [-0.25, -0.2) is 0 Å². The first kappa shape index (κ1) is 13.5. The Morgan fingerprint density at radius 3 is 2.60 bits per heavy atom. The molecule has 0 aliphatic carbocycles. The SMILES string of the molecule is CSc1ccc(C(=O)c2c[nH]c3cccc(Br)c23)cc1. The van der Waals surface area contributed by atoms with Crippen molar-refractivity contribution in [3.8, 4) is 0 Å².